The van der Waals surface area contributed by atoms with Gasteiger partial charge in [-0.3, -0.25) is 0 Å². The number of nitrogens with zero attached hydrogens (tertiary/aromatic N) is 1. The van der Waals surface area contributed by atoms with Crippen LogP contribution in [0.25, 0.3) is 0 Å². The fraction of sp³-hybridized carbons (Fsp3) is 0.545. The minimum absolute atomic E-state index is 0.266. The molecule has 0 bridgehead atoms. The lowest BCUT2D eigenvalue weighted by atomic mass is 10.2. The maximum Gasteiger partial charge on any atom is 0.354 e. The highest BCUT2D eigenvalue weighted by molar-refractivity contribution is 5.87. The van der Waals surface area contributed by atoms with Gasteiger partial charge in [0.05, 0.1) is 7.11 Å². The highest BCUT2D eigenvalue weighted by atomic mass is 16.5. The topological polar surface area (TPSA) is 43.3 Å². The molecule has 1 saturated heterocycles. The van der Waals surface area contributed by atoms with E-state index in [0.29, 0.717) is 11.7 Å². The summed E-state index contributed by atoms with van der Waals surface area (Å²) in [5.74, 6) is -0.266. The van der Waals surface area contributed by atoms with E-state index in [0.717, 1.165) is 13.1 Å². The summed E-state index contributed by atoms with van der Waals surface area (Å²) in [4.78, 5) is 11.4. The van der Waals surface area contributed by atoms with E-state index in [9.17, 15) is 4.79 Å². The van der Waals surface area contributed by atoms with E-state index >= 15 is 0 Å². The van der Waals surface area contributed by atoms with Crippen LogP contribution in [0.2, 0.25) is 0 Å². The van der Waals surface area contributed by atoms with E-state index in [4.69, 9.17) is 4.74 Å². The van der Waals surface area contributed by atoms with Gasteiger partial charge in [-0.1, -0.05) is 0 Å². The molecule has 1 fully saturated rings. The molecular formula is C11H16N2O2. The molecule has 1 N–H and O–H groups in total. The van der Waals surface area contributed by atoms with Crippen LogP contribution >= 0.6 is 0 Å². The van der Waals surface area contributed by atoms with Crippen LogP contribution in [0, 0.1) is 0 Å². The van der Waals surface area contributed by atoms with Gasteiger partial charge in [-0.05, 0) is 31.5 Å². The SMILES string of the molecule is COC(=O)c1cccn1CC1CCCN1. The summed E-state index contributed by atoms with van der Waals surface area (Å²) in [6.07, 6.45) is 4.32. The van der Waals surface area contributed by atoms with Crippen LogP contribution in [0.15, 0.2) is 18.3 Å². The van der Waals surface area contributed by atoms with Crippen molar-refractivity contribution in [1.82, 2.24) is 9.88 Å². The average molecular weight is 208 g/mol. The van der Waals surface area contributed by atoms with Crippen LogP contribution in [0.5, 0.6) is 0 Å². The Bertz CT molecular complexity index is 340. The zero-order chi connectivity index (χ0) is 10.7. The number of nitrogens with one attached hydrogen (secondary N) is 1. The molecule has 1 aliphatic rings. The van der Waals surface area contributed by atoms with Crippen molar-refractivity contribution < 1.29 is 9.53 Å². The molecule has 2 rings (SSSR count). The molecule has 2 heterocycles. The van der Waals surface area contributed by atoms with Gasteiger partial charge in [-0.15, -0.1) is 0 Å². The Labute approximate surface area is 89.2 Å². The van der Waals surface area contributed by atoms with Gasteiger partial charge < -0.3 is 14.6 Å². The van der Waals surface area contributed by atoms with Gasteiger partial charge in [0.2, 0.25) is 0 Å². The fourth-order valence-electron chi connectivity index (χ4n) is 2.01. The number of methoxy groups -OCH3 is 1. The van der Waals surface area contributed by atoms with Gasteiger partial charge in [0.15, 0.2) is 0 Å². The van der Waals surface area contributed by atoms with Gasteiger partial charge in [0, 0.05) is 18.8 Å². The van der Waals surface area contributed by atoms with E-state index in [1.54, 1.807) is 6.07 Å². The van der Waals surface area contributed by atoms with Gasteiger partial charge in [-0.25, -0.2) is 4.79 Å². The van der Waals surface area contributed by atoms with E-state index in [-0.39, 0.29) is 5.97 Å². The number of rotatable bonds is 3. The minimum atomic E-state index is -0.266. The third-order valence-corrected chi connectivity index (χ3v) is 2.80. The molecule has 1 aromatic heterocycles. The van der Waals surface area contributed by atoms with Gasteiger partial charge in [0.1, 0.15) is 5.69 Å². The standard InChI is InChI=1S/C11H16N2O2/c1-15-11(14)10-5-3-7-13(10)8-9-4-2-6-12-9/h3,5,7,9,12H,2,4,6,8H2,1H3. The number of carbonyl (C=O) groups excluding carboxylic acids is 1. The predicted octanol–water partition coefficient (Wildman–Crippen LogP) is 1.03. The predicted molar refractivity (Wildman–Crippen MR) is 56.8 cm³/mol. The lowest BCUT2D eigenvalue weighted by Crippen LogP contribution is -2.27. The summed E-state index contributed by atoms with van der Waals surface area (Å²) >= 11 is 0. The second-order valence-corrected chi connectivity index (χ2v) is 3.83. The molecule has 15 heavy (non-hydrogen) atoms. The van der Waals surface area contributed by atoms with Crippen molar-refractivity contribution in [3.63, 3.8) is 0 Å². The smallest absolute Gasteiger partial charge is 0.354 e. The monoisotopic (exact) mass is 208 g/mol. The second-order valence-electron chi connectivity index (χ2n) is 3.83. The van der Waals surface area contributed by atoms with E-state index in [1.165, 1.54) is 20.0 Å². The molecule has 1 atom stereocenters. The zero-order valence-electron chi connectivity index (χ0n) is 8.90. The molecule has 1 unspecified atom stereocenters. The van der Waals surface area contributed by atoms with Crippen molar-refractivity contribution in [1.29, 1.82) is 0 Å². The maximum atomic E-state index is 11.4. The van der Waals surface area contributed by atoms with Crippen molar-refractivity contribution in [2.24, 2.45) is 0 Å². The molecule has 0 aliphatic carbocycles. The van der Waals surface area contributed by atoms with Crippen LogP contribution in [-0.2, 0) is 11.3 Å². The van der Waals surface area contributed by atoms with E-state index in [2.05, 4.69) is 5.32 Å². The fourth-order valence-corrected chi connectivity index (χ4v) is 2.01. The van der Waals surface area contributed by atoms with Crippen molar-refractivity contribution in [3.05, 3.63) is 24.0 Å². The quantitative estimate of drug-likeness (QED) is 0.754. The van der Waals surface area contributed by atoms with Crippen molar-refractivity contribution in [2.75, 3.05) is 13.7 Å². The summed E-state index contributed by atoms with van der Waals surface area (Å²) < 4.78 is 6.67. The molecule has 1 aliphatic heterocycles. The molecule has 1 aromatic rings. The lowest BCUT2D eigenvalue weighted by molar-refractivity contribution is 0.0588. The number of aromatic nitrogens is 1. The number of carbonyl (C=O) groups is 1. The molecule has 0 saturated carbocycles. The Hall–Kier alpha value is -1.29. The highest BCUT2D eigenvalue weighted by Gasteiger charge is 2.17. The third kappa shape index (κ3) is 2.21. The molecule has 4 heteroatoms. The highest BCUT2D eigenvalue weighted by Crippen LogP contribution is 2.11. The van der Waals surface area contributed by atoms with E-state index < -0.39 is 0 Å². The van der Waals surface area contributed by atoms with Gasteiger partial charge in [0.25, 0.3) is 0 Å². The van der Waals surface area contributed by atoms with Gasteiger partial charge >= 0.3 is 5.97 Å². The second kappa shape index (κ2) is 4.49. The first-order valence-electron chi connectivity index (χ1n) is 5.28. The first-order valence-corrected chi connectivity index (χ1v) is 5.28. The number of hydrogen-bond donors (Lipinski definition) is 1. The van der Waals surface area contributed by atoms with Crippen LogP contribution < -0.4 is 5.32 Å². The summed E-state index contributed by atoms with van der Waals surface area (Å²) in [6.45, 7) is 1.93. The summed E-state index contributed by atoms with van der Waals surface area (Å²) in [5.41, 5.74) is 0.631. The van der Waals surface area contributed by atoms with Crippen LogP contribution in [0.4, 0.5) is 0 Å². The van der Waals surface area contributed by atoms with Crippen molar-refractivity contribution in [2.45, 2.75) is 25.4 Å². The molecular weight excluding hydrogens is 192 g/mol. The average Bonchev–Trinajstić information content (AvgIpc) is 2.88. The Balaban J connectivity index is 2.07. The molecule has 0 spiro atoms. The maximum absolute atomic E-state index is 11.4. The first kappa shape index (κ1) is 10.2. The number of esters is 1. The Morgan fingerprint density at radius 2 is 2.60 bits per heavy atom. The summed E-state index contributed by atoms with van der Waals surface area (Å²) in [6, 6.07) is 4.16. The van der Waals surface area contributed by atoms with Crippen molar-refractivity contribution in [3.8, 4) is 0 Å². The zero-order valence-corrected chi connectivity index (χ0v) is 8.90. The molecule has 0 radical (unpaired) electrons. The van der Waals surface area contributed by atoms with E-state index in [1.807, 2.05) is 16.8 Å². The number of hydrogen-bond acceptors (Lipinski definition) is 3. The normalized spacial score (nSPS) is 20.5. The van der Waals surface area contributed by atoms with Crippen LogP contribution in [0.1, 0.15) is 23.3 Å². The minimum Gasteiger partial charge on any atom is -0.464 e. The van der Waals surface area contributed by atoms with Crippen LogP contribution in [-0.4, -0.2) is 30.2 Å². The lowest BCUT2D eigenvalue weighted by Gasteiger charge is -2.13. The molecule has 0 amide bonds. The van der Waals surface area contributed by atoms with Crippen LogP contribution in [0.3, 0.4) is 0 Å². The molecule has 82 valence electrons. The molecule has 0 aromatic carbocycles. The van der Waals surface area contributed by atoms with Crippen molar-refractivity contribution >= 4 is 5.97 Å². The Kier molecular flexibility index (Phi) is 3.06. The first-order chi connectivity index (χ1) is 7.31. The third-order valence-electron chi connectivity index (χ3n) is 2.80. The Morgan fingerprint density at radius 1 is 1.73 bits per heavy atom. The number of ether oxygens (including phenoxy) is 1. The molecule has 4 nitrogen and oxygen atoms in total. The Morgan fingerprint density at radius 3 is 3.27 bits per heavy atom. The summed E-state index contributed by atoms with van der Waals surface area (Å²) in [5, 5.41) is 3.41. The largest absolute Gasteiger partial charge is 0.464 e. The summed E-state index contributed by atoms with van der Waals surface area (Å²) in [7, 11) is 1.41. The van der Waals surface area contributed by atoms with Gasteiger partial charge in [-0.2, -0.15) is 0 Å².